The van der Waals surface area contributed by atoms with Crippen molar-refractivity contribution in [3.63, 3.8) is 0 Å². The van der Waals surface area contributed by atoms with Gasteiger partial charge >= 0.3 is 29.6 Å². The number of benzene rings is 2. The number of hydrogen-bond acceptors (Lipinski definition) is 1. The van der Waals surface area contributed by atoms with Crippen molar-refractivity contribution in [2.24, 2.45) is 0 Å². The third-order valence-electron chi connectivity index (χ3n) is 2.03. The zero-order valence-electron chi connectivity index (χ0n) is 7.83. The summed E-state index contributed by atoms with van der Waals surface area (Å²) in [5.41, 5.74) is 1.14. The molecule has 0 fully saturated rings. The van der Waals surface area contributed by atoms with Gasteiger partial charge in [0.15, 0.2) is 0 Å². The van der Waals surface area contributed by atoms with Gasteiger partial charge in [0.2, 0.25) is 0 Å². The van der Waals surface area contributed by atoms with E-state index in [1.807, 2.05) is 31.2 Å². The van der Waals surface area contributed by atoms with E-state index < -0.39 is 0 Å². The van der Waals surface area contributed by atoms with Crippen molar-refractivity contribution in [2.45, 2.75) is 6.92 Å². The summed E-state index contributed by atoms with van der Waals surface area (Å²) in [6.07, 6.45) is 0. The van der Waals surface area contributed by atoms with E-state index in [9.17, 15) is 5.11 Å². The van der Waals surface area contributed by atoms with Crippen LogP contribution in [0.5, 0.6) is 5.75 Å². The van der Waals surface area contributed by atoms with Gasteiger partial charge in [-0.05, 0) is 0 Å². The molecular weight excluding hydrogens is 171 g/mol. The second-order valence-electron chi connectivity index (χ2n) is 2.87. The fraction of sp³-hybridized carbons (Fsp3) is 0.0909. The van der Waals surface area contributed by atoms with Crippen LogP contribution in [0, 0.1) is 13.0 Å². The maximum Gasteiger partial charge on any atom is 1.00 e. The Morgan fingerprint density at radius 3 is 2.38 bits per heavy atom. The zero-order valence-corrected chi connectivity index (χ0v) is 9.83. The van der Waals surface area contributed by atoms with Gasteiger partial charge in [0, 0.05) is 5.75 Å². The molecule has 0 bridgehead atoms. The molecule has 13 heavy (non-hydrogen) atoms. The second-order valence-corrected chi connectivity index (χ2v) is 2.87. The normalized spacial score (nSPS) is 9.62. The molecule has 2 rings (SSSR count). The van der Waals surface area contributed by atoms with E-state index in [1.54, 1.807) is 6.07 Å². The molecule has 60 valence electrons. The third-order valence-corrected chi connectivity index (χ3v) is 2.03. The van der Waals surface area contributed by atoms with Crippen LogP contribution in [0.2, 0.25) is 0 Å². The van der Waals surface area contributed by atoms with Crippen molar-refractivity contribution in [1.82, 2.24) is 0 Å². The summed E-state index contributed by atoms with van der Waals surface area (Å²) in [6, 6.07) is 12.4. The Morgan fingerprint density at radius 2 is 1.77 bits per heavy atom. The zero-order chi connectivity index (χ0) is 8.55. The molecule has 0 spiro atoms. The average Bonchev–Trinajstić information content (AvgIpc) is 2.12. The number of phenols is 1. The van der Waals surface area contributed by atoms with Crippen molar-refractivity contribution >= 4 is 10.8 Å². The third kappa shape index (κ3) is 1.88. The van der Waals surface area contributed by atoms with Crippen LogP contribution in [0.25, 0.3) is 10.8 Å². The molecule has 0 aliphatic carbocycles. The average molecular weight is 180 g/mol. The van der Waals surface area contributed by atoms with Crippen LogP contribution in [0.15, 0.2) is 30.3 Å². The van der Waals surface area contributed by atoms with Crippen molar-refractivity contribution in [3.8, 4) is 5.75 Å². The molecule has 1 N–H and O–H groups in total. The summed E-state index contributed by atoms with van der Waals surface area (Å²) in [5.74, 6) is 0.233. The Hall–Kier alpha value is -0.500. The summed E-state index contributed by atoms with van der Waals surface area (Å²) in [7, 11) is 0. The van der Waals surface area contributed by atoms with Crippen LogP contribution >= 0.6 is 0 Å². The predicted molar refractivity (Wildman–Crippen MR) is 49.2 cm³/mol. The Bertz CT molecular complexity index is 383. The summed E-state index contributed by atoms with van der Waals surface area (Å²) < 4.78 is 0. The smallest absolute Gasteiger partial charge is 0.533 e. The monoisotopic (exact) mass is 180 g/mol. The van der Waals surface area contributed by atoms with Gasteiger partial charge in [-0.1, -0.05) is 30.5 Å². The van der Waals surface area contributed by atoms with E-state index in [-0.39, 0.29) is 35.3 Å². The quantitative estimate of drug-likeness (QED) is 0.434. The van der Waals surface area contributed by atoms with Gasteiger partial charge in [0.05, 0.1) is 0 Å². The Morgan fingerprint density at radius 1 is 1.15 bits per heavy atom. The number of hydrogen-bond donors (Lipinski definition) is 1. The second kappa shape index (κ2) is 4.14. The first-order chi connectivity index (χ1) is 5.79. The van der Waals surface area contributed by atoms with E-state index in [0.29, 0.717) is 0 Å². The molecule has 0 saturated heterocycles. The number of phenolic OH excluding ortho intramolecular Hbond substituents is 1. The van der Waals surface area contributed by atoms with Gasteiger partial charge < -0.3 is 5.11 Å². The molecule has 0 radical (unpaired) electrons. The molecule has 2 aromatic rings. The van der Waals surface area contributed by atoms with Crippen molar-refractivity contribution in [3.05, 3.63) is 42.0 Å². The Kier molecular flexibility index (Phi) is 3.37. The molecule has 0 aliphatic heterocycles. The van der Waals surface area contributed by atoms with Gasteiger partial charge in [0.25, 0.3) is 0 Å². The maximum absolute atomic E-state index is 9.44. The summed E-state index contributed by atoms with van der Waals surface area (Å²) in [6.45, 7) is 2.01. The minimum Gasteiger partial charge on any atom is -0.533 e. The minimum atomic E-state index is 0. The predicted octanol–water partition coefficient (Wildman–Crippen LogP) is -0.342. The number of fused-ring (bicyclic) bond motifs is 1. The molecule has 2 aromatic carbocycles. The van der Waals surface area contributed by atoms with Crippen LogP contribution in [0.4, 0.5) is 0 Å². The molecular formula is C11H9NaO. The van der Waals surface area contributed by atoms with Crippen LogP contribution in [0.3, 0.4) is 0 Å². The fourth-order valence-electron chi connectivity index (χ4n) is 1.37. The topological polar surface area (TPSA) is 20.2 Å². The van der Waals surface area contributed by atoms with E-state index in [4.69, 9.17) is 0 Å². The molecule has 2 heteroatoms. The van der Waals surface area contributed by atoms with Crippen LogP contribution in [-0.4, -0.2) is 5.11 Å². The molecule has 0 atom stereocenters. The molecule has 0 aromatic heterocycles. The van der Waals surface area contributed by atoms with Gasteiger partial charge in [-0.25, -0.2) is 0 Å². The number of aryl methyl sites for hydroxylation is 1. The largest absolute Gasteiger partial charge is 1.00 e. The summed E-state index contributed by atoms with van der Waals surface area (Å²) in [4.78, 5) is 0. The van der Waals surface area contributed by atoms with Crippen molar-refractivity contribution in [1.29, 1.82) is 0 Å². The fourth-order valence-corrected chi connectivity index (χ4v) is 1.37. The molecule has 0 amide bonds. The number of aromatic hydroxyl groups is 1. The van der Waals surface area contributed by atoms with Gasteiger partial charge in [-0.2, -0.15) is 11.6 Å². The molecule has 0 heterocycles. The molecule has 0 saturated carbocycles. The van der Waals surface area contributed by atoms with E-state index >= 15 is 0 Å². The van der Waals surface area contributed by atoms with Crippen LogP contribution in [-0.2, 0) is 0 Å². The van der Waals surface area contributed by atoms with Crippen LogP contribution < -0.4 is 29.6 Å². The van der Waals surface area contributed by atoms with E-state index in [2.05, 4.69) is 6.07 Å². The van der Waals surface area contributed by atoms with Gasteiger partial charge in [-0.3, -0.25) is 0 Å². The maximum atomic E-state index is 9.44. The minimum absolute atomic E-state index is 0. The molecule has 0 unspecified atom stereocenters. The standard InChI is InChI=1S/C11H9O.Na/c1-8-6-7-11(12)10-5-3-2-4-9(8)10;/h2-6,12H,1H3;/q-1;+1. The van der Waals surface area contributed by atoms with E-state index in [1.165, 1.54) is 0 Å². The van der Waals surface area contributed by atoms with Gasteiger partial charge in [-0.15, -0.1) is 17.5 Å². The molecule has 1 nitrogen and oxygen atoms in total. The van der Waals surface area contributed by atoms with Crippen LogP contribution in [0.1, 0.15) is 5.56 Å². The summed E-state index contributed by atoms with van der Waals surface area (Å²) in [5, 5.41) is 11.4. The first kappa shape index (κ1) is 10.6. The van der Waals surface area contributed by atoms with Crippen molar-refractivity contribution in [2.75, 3.05) is 0 Å². The molecule has 0 aliphatic rings. The van der Waals surface area contributed by atoms with E-state index in [0.717, 1.165) is 16.3 Å². The SMILES string of the molecule is Cc1c[c-]c(O)c2ccccc12.[Na+]. The van der Waals surface area contributed by atoms with Gasteiger partial charge in [0.1, 0.15) is 0 Å². The Labute approximate surface area is 99.7 Å². The Balaban J connectivity index is 0.000000845. The number of rotatable bonds is 0. The first-order valence-electron chi connectivity index (χ1n) is 3.88. The summed E-state index contributed by atoms with van der Waals surface area (Å²) >= 11 is 0. The first-order valence-corrected chi connectivity index (χ1v) is 3.88. The van der Waals surface area contributed by atoms with Crippen molar-refractivity contribution < 1.29 is 34.7 Å².